The maximum Gasteiger partial charge on any atom is 0.263 e. The van der Waals surface area contributed by atoms with Gasteiger partial charge in [0.25, 0.3) is 10.0 Å². The second-order valence-corrected chi connectivity index (χ2v) is 8.69. The lowest BCUT2D eigenvalue weighted by Crippen LogP contribution is -2.29. The smallest absolute Gasteiger partial charge is 0.263 e. The average Bonchev–Trinajstić information content (AvgIpc) is 3.24. The molecule has 0 saturated heterocycles. The minimum Gasteiger partial charge on any atom is -0.497 e. The molecule has 2 heterocycles. The van der Waals surface area contributed by atoms with Gasteiger partial charge in [-0.15, -0.1) is 11.3 Å². The summed E-state index contributed by atoms with van der Waals surface area (Å²) in [6, 6.07) is 10.4. The van der Waals surface area contributed by atoms with Crippen LogP contribution in [0.2, 0.25) is 0 Å². The SMILES string of the molecule is COc1ccc(N2CCOc3cc(S(=O)(=O)Nc4nccs4)ccc32)c(OC)c1. The molecule has 152 valence electrons. The Bertz CT molecular complexity index is 1120. The van der Waals surface area contributed by atoms with Crippen LogP contribution in [0.1, 0.15) is 0 Å². The molecule has 0 saturated carbocycles. The number of hydrogen-bond donors (Lipinski definition) is 1. The first-order valence-corrected chi connectivity index (χ1v) is 11.1. The van der Waals surface area contributed by atoms with Crippen molar-refractivity contribution in [3.05, 3.63) is 48.0 Å². The quantitative estimate of drug-likeness (QED) is 0.636. The van der Waals surface area contributed by atoms with Gasteiger partial charge in [0.05, 0.1) is 37.0 Å². The molecule has 2 aromatic carbocycles. The van der Waals surface area contributed by atoms with Gasteiger partial charge in [-0.05, 0) is 24.3 Å². The third-order valence-corrected chi connectivity index (χ3v) is 6.59. The van der Waals surface area contributed by atoms with Gasteiger partial charge in [0.2, 0.25) is 0 Å². The Hall–Kier alpha value is -2.98. The molecule has 0 unspecified atom stereocenters. The van der Waals surface area contributed by atoms with E-state index < -0.39 is 10.0 Å². The maximum absolute atomic E-state index is 12.7. The molecule has 0 radical (unpaired) electrons. The number of benzene rings is 2. The first kappa shape index (κ1) is 19.3. The summed E-state index contributed by atoms with van der Waals surface area (Å²) in [7, 11) is -0.568. The Morgan fingerprint density at radius 2 is 1.97 bits per heavy atom. The van der Waals surface area contributed by atoms with Crippen LogP contribution in [0.15, 0.2) is 52.9 Å². The zero-order valence-corrected chi connectivity index (χ0v) is 17.4. The molecule has 1 N–H and O–H groups in total. The van der Waals surface area contributed by atoms with Gasteiger partial charge in [-0.1, -0.05) is 0 Å². The van der Waals surface area contributed by atoms with Crippen molar-refractivity contribution < 1.29 is 22.6 Å². The molecule has 0 amide bonds. The molecule has 29 heavy (non-hydrogen) atoms. The predicted molar refractivity (Wildman–Crippen MR) is 111 cm³/mol. The highest BCUT2D eigenvalue weighted by atomic mass is 32.2. The summed E-state index contributed by atoms with van der Waals surface area (Å²) in [5.74, 6) is 1.82. The van der Waals surface area contributed by atoms with E-state index in [0.717, 1.165) is 11.4 Å². The van der Waals surface area contributed by atoms with E-state index >= 15 is 0 Å². The molecule has 3 aromatic rings. The van der Waals surface area contributed by atoms with E-state index in [0.29, 0.717) is 35.5 Å². The molecular formula is C19H19N3O5S2. The fourth-order valence-corrected chi connectivity index (χ4v) is 4.88. The number of sulfonamides is 1. The summed E-state index contributed by atoms with van der Waals surface area (Å²) >= 11 is 1.21. The molecule has 0 aliphatic carbocycles. The van der Waals surface area contributed by atoms with Crippen molar-refractivity contribution in [2.45, 2.75) is 4.90 Å². The lowest BCUT2D eigenvalue weighted by atomic mass is 10.2. The molecule has 0 bridgehead atoms. The van der Waals surface area contributed by atoms with E-state index in [-0.39, 0.29) is 4.90 Å². The number of hydrogen-bond acceptors (Lipinski definition) is 8. The van der Waals surface area contributed by atoms with Gasteiger partial charge < -0.3 is 19.1 Å². The number of fused-ring (bicyclic) bond motifs is 1. The van der Waals surface area contributed by atoms with Crippen molar-refractivity contribution >= 4 is 37.9 Å². The van der Waals surface area contributed by atoms with Crippen LogP contribution in [0.3, 0.4) is 0 Å². The highest BCUT2D eigenvalue weighted by Gasteiger charge is 2.25. The summed E-state index contributed by atoms with van der Waals surface area (Å²) in [6.45, 7) is 1.00. The van der Waals surface area contributed by atoms with Gasteiger partial charge in [-0.2, -0.15) is 0 Å². The molecule has 0 fully saturated rings. The van der Waals surface area contributed by atoms with Gasteiger partial charge in [0.1, 0.15) is 23.9 Å². The van der Waals surface area contributed by atoms with E-state index in [4.69, 9.17) is 14.2 Å². The molecule has 10 heteroatoms. The van der Waals surface area contributed by atoms with E-state index in [9.17, 15) is 8.42 Å². The molecule has 0 atom stereocenters. The van der Waals surface area contributed by atoms with Crippen molar-refractivity contribution in [2.24, 2.45) is 0 Å². The van der Waals surface area contributed by atoms with Gasteiger partial charge in [-0.25, -0.2) is 13.4 Å². The highest BCUT2D eigenvalue weighted by Crippen LogP contribution is 2.42. The Labute approximate surface area is 172 Å². The lowest BCUT2D eigenvalue weighted by Gasteiger charge is -2.32. The molecule has 8 nitrogen and oxygen atoms in total. The first-order valence-electron chi connectivity index (χ1n) is 8.70. The number of rotatable bonds is 6. The van der Waals surface area contributed by atoms with Crippen LogP contribution >= 0.6 is 11.3 Å². The monoisotopic (exact) mass is 433 g/mol. The maximum atomic E-state index is 12.7. The summed E-state index contributed by atoms with van der Waals surface area (Å²) in [6.07, 6.45) is 1.54. The van der Waals surface area contributed by atoms with E-state index in [1.54, 1.807) is 44.0 Å². The Kier molecular flexibility index (Phi) is 5.20. The Morgan fingerprint density at radius 3 is 2.69 bits per heavy atom. The minimum atomic E-state index is -3.76. The van der Waals surface area contributed by atoms with Crippen LogP contribution in [-0.2, 0) is 10.0 Å². The topological polar surface area (TPSA) is 90.0 Å². The average molecular weight is 434 g/mol. The number of aromatic nitrogens is 1. The van der Waals surface area contributed by atoms with Crippen LogP contribution in [0, 0.1) is 0 Å². The minimum absolute atomic E-state index is 0.106. The zero-order chi connectivity index (χ0) is 20.4. The summed E-state index contributed by atoms with van der Waals surface area (Å²) in [4.78, 5) is 6.10. The van der Waals surface area contributed by atoms with E-state index in [1.165, 1.54) is 17.4 Å². The predicted octanol–water partition coefficient (Wildman–Crippen LogP) is 3.49. The van der Waals surface area contributed by atoms with E-state index in [2.05, 4.69) is 9.71 Å². The van der Waals surface area contributed by atoms with Crippen LogP contribution in [0.25, 0.3) is 0 Å². The van der Waals surface area contributed by atoms with Crippen molar-refractivity contribution in [3.8, 4) is 17.2 Å². The number of anilines is 3. The van der Waals surface area contributed by atoms with Crippen LogP contribution in [0.4, 0.5) is 16.5 Å². The third kappa shape index (κ3) is 3.81. The van der Waals surface area contributed by atoms with Crippen molar-refractivity contribution in [3.63, 3.8) is 0 Å². The summed E-state index contributed by atoms with van der Waals surface area (Å²) < 4.78 is 44.3. The van der Waals surface area contributed by atoms with Gasteiger partial charge in [-0.3, -0.25) is 4.72 Å². The summed E-state index contributed by atoms with van der Waals surface area (Å²) in [5.41, 5.74) is 1.60. The largest absolute Gasteiger partial charge is 0.497 e. The molecule has 4 rings (SSSR count). The fourth-order valence-electron chi connectivity index (χ4n) is 3.07. The molecule has 1 aliphatic rings. The normalized spacial score (nSPS) is 13.4. The Balaban J connectivity index is 1.69. The third-order valence-electron chi connectivity index (χ3n) is 4.44. The number of nitrogens with zero attached hydrogens (tertiary/aromatic N) is 2. The Morgan fingerprint density at radius 1 is 1.14 bits per heavy atom. The van der Waals surface area contributed by atoms with Crippen LogP contribution in [0.5, 0.6) is 17.2 Å². The highest BCUT2D eigenvalue weighted by molar-refractivity contribution is 7.93. The summed E-state index contributed by atoms with van der Waals surface area (Å²) in [5, 5.41) is 2.02. The lowest BCUT2D eigenvalue weighted by molar-refractivity contribution is 0.312. The number of ether oxygens (including phenoxy) is 3. The molecular weight excluding hydrogens is 414 g/mol. The van der Waals surface area contributed by atoms with E-state index in [1.807, 2.05) is 17.0 Å². The first-order chi connectivity index (χ1) is 14.0. The van der Waals surface area contributed by atoms with Crippen LogP contribution < -0.4 is 23.8 Å². The van der Waals surface area contributed by atoms with Crippen molar-refractivity contribution in [2.75, 3.05) is 37.0 Å². The fraction of sp³-hybridized carbons (Fsp3) is 0.211. The number of thiazole rings is 1. The number of methoxy groups -OCH3 is 2. The molecule has 1 aliphatic heterocycles. The van der Waals surface area contributed by atoms with Gasteiger partial charge in [0, 0.05) is 23.7 Å². The molecule has 1 aromatic heterocycles. The van der Waals surface area contributed by atoms with Gasteiger partial charge >= 0.3 is 0 Å². The standard InChI is InChI=1S/C19H19N3O5S2/c1-25-13-3-5-15(17(11-13)26-2)22-8-9-27-18-12-14(4-6-16(18)22)29(23,24)21-19-20-7-10-28-19/h3-7,10-12H,8-9H2,1-2H3,(H,20,21). The zero-order valence-electron chi connectivity index (χ0n) is 15.8. The van der Waals surface area contributed by atoms with Crippen LogP contribution in [-0.4, -0.2) is 40.8 Å². The number of nitrogens with one attached hydrogen (secondary N) is 1. The van der Waals surface area contributed by atoms with Crippen molar-refractivity contribution in [1.82, 2.24) is 4.98 Å². The van der Waals surface area contributed by atoms with Gasteiger partial charge in [0.15, 0.2) is 5.13 Å². The molecule has 0 spiro atoms. The van der Waals surface area contributed by atoms with Crippen molar-refractivity contribution in [1.29, 1.82) is 0 Å². The second-order valence-electron chi connectivity index (χ2n) is 6.11. The second kappa shape index (κ2) is 7.80.